The van der Waals surface area contributed by atoms with E-state index in [1.165, 1.54) is 12.7 Å². The van der Waals surface area contributed by atoms with Gasteiger partial charge in [0.2, 0.25) is 5.82 Å². The summed E-state index contributed by atoms with van der Waals surface area (Å²) in [7, 11) is 0. The fourth-order valence-electron chi connectivity index (χ4n) is 1.77. The van der Waals surface area contributed by atoms with Crippen molar-refractivity contribution in [1.29, 1.82) is 0 Å². The van der Waals surface area contributed by atoms with Crippen LogP contribution in [0.4, 0.5) is 6.01 Å². The van der Waals surface area contributed by atoms with E-state index in [-0.39, 0.29) is 5.41 Å². The first-order chi connectivity index (χ1) is 10.5. The molecule has 0 amide bonds. The lowest BCUT2D eigenvalue weighted by molar-refractivity contribution is 0.432. The van der Waals surface area contributed by atoms with Crippen molar-refractivity contribution in [2.45, 2.75) is 32.6 Å². The minimum Gasteiger partial charge on any atom is -0.451 e. The van der Waals surface area contributed by atoms with Crippen LogP contribution in [0, 0.1) is 0 Å². The van der Waals surface area contributed by atoms with Gasteiger partial charge in [0.05, 0.1) is 10.7 Å². The highest BCUT2D eigenvalue weighted by Crippen LogP contribution is 2.24. The van der Waals surface area contributed by atoms with Gasteiger partial charge in [-0.2, -0.15) is 4.98 Å². The molecule has 0 bridgehead atoms. The summed E-state index contributed by atoms with van der Waals surface area (Å²) in [6, 6.07) is 0.366. The second-order valence-electron chi connectivity index (χ2n) is 5.85. The Morgan fingerprint density at radius 1 is 1.27 bits per heavy atom. The molecule has 0 fully saturated rings. The predicted molar refractivity (Wildman–Crippen MR) is 82.8 cm³/mol. The Labute approximate surface area is 131 Å². The number of rotatable bonds is 5. The maximum atomic E-state index is 5.11. The van der Waals surface area contributed by atoms with Crippen molar-refractivity contribution in [3.8, 4) is 11.5 Å². The lowest BCUT2D eigenvalue weighted by Gasteiger charge is -2.14. The molecule has 22 heavy (non-hydrogen) atoms. The maximum absolute atomic E-state index is 5.11. The van der Waals surface area contributed by atoms with Gasteiger partial charge >= 0.3 is 6.01 Å². The lowest BCUT2D eigenvalue weighted by Crippen LogP contribution is -2.12. The van der Waals surface area contributed by atoms with Crippen LogP contribution in [-0.4, -0.2) is 26.7 Å². The molecule has 116 valence electrons. The first kappa shape index (κ1) is 14.7. The van der Waals surface area contributed by atoms with E-state index in [0.29, 0.717) is 24.1 Å². The molecule has 0 spiro atoms. The van der Waals surface area contributed by atoms with Crippen LogP contribution >= 0.6 is 11.3 Å². The van der Waals surface area contributed by atoms with E-state index in [2.05, 4.69) is 51.6 Å². The van der Waals surface area contributed by atoms with Gasteiger partial charge in [0.1, 0.15) is 12.0 Å². The monoisotopic (exact) mass is 319 g/mol. The molecule has 0 aromatic carbocycles. The van der Waals surface area contributed by atoms with Gasteiger partial charge in [0, 0.05) is 23.8 Å². The van der Waals surface area contributed by atoms with Crippen molar-refractivity contribution in [2.24, 2.45) is 0 Å². The summed E-state index contributed by atoms with van der Waals surface area (Å²) in [5.41, 5.74) is 1.76. The number of nitrogens with zero attached hydrogens (tertiary/aromatic N) is 4. The fraction of sp³-hybridized carbons (Fsp3) is 0.429. The lowest BCUT2D eigenvalue weighted by atomic mass is 9.93. The summed E-state index contributed by atoms with van der Waals surface area (Å²) in [5, 5.41) is 10.1. The molecule has 0 radical (unpaired) electrons. The highest BCUT2D eigenvalue weighted by Gasteiger charge is 2.17. The highest BCUT2D eigenvalue weighted by atomic mass is 32.1. The average molecular weight is 319 g/mol. The van der Waals surface area contributed by atoms with Crippen molar-refractivity contribution < 1.29 is 8.94 Å². The van der Waals surface area contributed by atoms with Crippen LogP contribution in [0.2, 0.25) is 0 Å². The van der Waals surface area contributed by atoms with E-state index < -0.39 is 0 Å². The zero-order chi connectivity index (χ0) is 15.6. The standard InChI is InChI=1S/C14H17N5O2S/c1-14(2,3)10-7-22-11(17-10)4-5-15-13-18-12(19-21-13)9-6-20-8-16-9/h6-8H,4-5H2,1-3H3,(H,15,18,19). The predicted octanol–water partition coefficient (Wildman–Crippen LogP) is 3.13. The Balaban J connectivity index is 1.54. The molecule has 0 atom stereocenters. The molecule has 0 aliphatic rings. The summed E-state index contributed by atoms with van der Waals surface area (Å²) < 4.78 is 10.0. The number of oxazole rings is 1. The van der Waals surface area contributed by atoms with Crippen molar-refractivity contribution in [1.82, 2.24) is 20.1 Å². The third-order valence-electron chi connectivity index (χ3n) is 3.02. The first-order valence-corrected chi connectivity index (χ1v) is 7.81. The summed E-state index contributed by atoms with van der Waals surface area (Å²) in [6.07, 6.45) is 3.61. The van der Waals surface area contributed by atoms with E-state index in [0.717, 1.165) is 17.1 Å². The molecule has 0 aliphatic carbocycles. The van der Waals surface area contributed by atoms with E-state index in [9.17, 15) is 0 Å². The van der Waals surface area contributed by atoms with Crippen LogP contribution in [0.1, 0.15) is 31.5 Å². The van der Waals surface area contributed by atoms with Crippen LogP contribution < -0.4 is 5.32 Å². The number of anilines is 1. The molecule has 3 aromatic heterocycles. The van der Waals surface area contributed by atoms with E-state index in [1.54, 1.807) is 11.3 Å². The summed E-state index contributed by atoms with van der Waals surface area (Å²) in [4.78, 5) is 12.8. The molecule has 0 saturated heterocycles. The third kappa shape index (κ3) is 3.33. The Morgan fingerprint density at radius 3 is 2.82 bits per heavy atom. The number of nitrogens with one attached hydrogen (secondary N) is 1. The maximum Gasteiger partial charge on any atom is 0.321 e. The van der Waals surface area contributed by atoms with Gasteiger partial charge in [-0.05, 0) is 0 Å². The summed E-state index contributed by atoms with van der Waals surface area (Å²) >= 11 is 1.67. The van der Waals surface area contributed by atoms with Crippen LogP contribution in [0.3, 0.4) is 0 Å². The van der Waals surface area contributed by atoms with Gasteiger partial charge in [-0.3, -0.25) is 0 Å². The molecular weight excluding hydrogens is 302 g/mol. The smallest absolute Gasteiger partial charge is 0.321 e. The van der Waals surface area contributed by atoms with Gasteiger partial charge in [0.25, 0.3) is 0 Å². The van der Waals surface area contributed by atoms with Gasteiger partial charge in [-0.25, -0.2) is 9.97 Å². The molecule has 7 nitrogen and oxygen atoms in total. The van der Waals surface area contributed by atoms with Gasteiger partial charge < -0.3 is 14.3 Å². The molecule has 0 aliphatic heterocycles. The summed E-state index contributed by atoms with van der Waals surface area (Å²) in [5.74, 6) is 0.403. The van der Waals surface area contributed by atoms with Gasteiger partial charge in [0.15, 0.2) is 6.39 Å². The van der Waals surface area contributed by atoms with Crippen LogP contribution in [0.15, 0.2) is 27.0 Å². The van der Waals surface area contributed by atoms with Crippen molar-refractivity contribution in [3.05, 3.63) is 28.7 Å². The van der Waals surface area contributed by atoms with Gasteiger partial charge in [-0.15, -0.1) is 11.3 Å². The highest BCUT2D eigenvalue weighted by molar-refractivity contribution is 7.09. The number of thiazole rings is 1. The summed E-state index contributed by atoms with van der Waals surface area (Å²) in [6.45, 7) is 7.16. The SMILES string of the molecule is CC(C)(C)c1csc(CCNc2nc(-c3cocn3)no2)n1. The quantitative estimate of drug-likeness (QED) is 0.772. The van der Waals surface area contributed by atoms with Crippen molar-refractivity contribution in [3.63, 3.8) is 0 Å². The first-order valence-electron chi connectivity index (χ1n) is 6.93. The second kappa shape index (κ2) is 5.88. The molecule has 3 heterocycles. The molecule has 3 aromatic rings. The number of aromatic nitrogens is 4. The second-order valence-corrected chi connectivity index (χ2v) is 6.79. The minimum atomic E-state index is 0.0845. The molecule has 1 N–H and O–H groups in total. The van der Waals surface area contributed by atoms with Crippen molar-refractivity contribution >= 4 is 17.4 Å². The molecule has 0 saturated carbocycles. The van der Waals surface area contributed by atoms with E-state index in [1.807, 2.05) is 0 Å². The third-order valence-corrected chi connectivity index (χ3v) is 3.93. The molecule has 3 rings (SSSR count). The zero-order valence-electron chi connectivity index (χ0n) is 12.7. The molecular formula is C14H17N5O2S. The van der Waals surface area contributed by atoms with Gasteiger partial charge in [-0.1, -0.05) is 25.9 Å². The van der Waals surface area contributed by atoms with Crippen molar-refractivity contribution in [2.75, 3.05) is 11.9 Å². The average Bonchev–Trinajstić information content (AvgIpc) is 3.19. The Kier molecular flexibility index (Phi) is 3.93. The zero-order valence-corrected chi connectivity index (χ0v) is 13.5. The fourth-order valence-corrected chi connectivity index (χ4v) is 2.79. The van der Waals surface area contributed by atoms with Crippen LogP contribution in [0.5, 0.6) is 0 Å². The Bertz CT molecular complexity index is 727. The number of hydrogen-bond acceptors (Lipinski definition) is 8. The largest absolute Gasteiger partial charge is 0.451 e. The normalized spacial score (nSPS) is 11.8. The van der Waals surface area contributed by atoms with Crippen LogP contribution in [-0.2, 0) is 11.8 Å². The molecule has 0 unspecified atom stereocenters. The van der Waals surface area contributed by atoms with Crippen LogP contribution in [0.25, 0.3) is 11.5 Å². The minimum absolute atomic E-state index is 0.0845. The topological polar surface area (TPSA) is 89.9 Å². The Hall–Kier alpha value is -2.22. The molecule has 8 heteroatoms. The van der Waals surface area contributed by atoms with E-state index in [4.69, 9.17) is 8.94 Å². The Morgan fingerprint density at radius 2 is 2.14 bits per heavy atom. The van der Waals surface area contributed by atoms with E-state index >= 15 is 0 Å². The number of hydrogen-bond donors (Lipinski definition) is 1.